The molecular weight excluding hydrogens is 208 g/mol. The maximum Gasteiger partial charge on any atom is 0.157 e. The average Bonchev–Trinajstić information content (AvgIpc) is 2.15. The first-order chi connectivity index (χ1) is 7.28. The number of nitrogens with one attached hydrogen (secondary N) is 1. The van der Waals surface area contributed by atoms with Crippen molar-refractivity contribution in [3.63, 3.8) is 0 Å². The van der Waals surface area contributed by atoms with Crippen LogP contribution >= 0.6 is 11.8 Å². The van der Waals surface area contributed by atoms with Crippen molar-refractivity contribution in [2.24, 2.45) is 4.99 Å². The number of ether oxygens (including phenoxy) is 1. The number of hydrogen-bond donors (Lipinski definition) is 1. The van der Waals surface area contributed by atoms with E-state index >= 15 is 0 Å². The Morgan fingerprint density at radius 1 is 1.53 bits per heavy atom. The molecule has 0 saturated heterocycles. The van der Waals surface area contributed by atoms with Crippen LogP contribution in [0.25, 0.3) is 0 Å². The second-order valence-corrected chi connectivity index (χ2v) is 5.39. The fraction of sp³-hybridized carbons (Fsp3) is 0.909. The van der Waals surface area contributed by atoms with E-state index in [1.165, 1.54) is 12.2 Å². The molecule has 86 valence electrons. The van der Waals surface area contributed by atoms with E-state index in [0.717, 1.165) is 24.6 Å². The Kier molecular flexibility index (Phi) is 3.92. The van der Waals surface area contributed by atoms with Crippen molar-refractivity contribution in [3.8, 4) is 0 Å². The standard InChI is InChI=1S/C11H20N2OS/c1-3-14-10-6-9(7-10)13-11-12-8(2)4-5-15-11/h8-10H,3-7H2,1-2H3,(H,12,13). The van der Waals surface area contributed by atoms with Gasteiger partial charge in [0.05, 0.1) is 12.1 Å². The molecule has 0 aromatic rings. The smallest absolute Gasteiger partial charge is 0.157 e. The maximum absolute atomic E-state index is 5.53. The molecule has 0 aromatic heterocycles. The van der Waals surface area contributed by atoms with Crippen LogP contribution in [0.5, 0.6) is 0 Å². The highest BCUT2D eigenvalue weighted by Crippen LogP contribution is 2.25. The third-order valence-electron chi connectivity index (χ3n) is 2.94. The molecule has 0 radical (unpaired) electrons. The maximum atomic E-state index is 5.53. The van der Waals surface area contributed by atoms with Gasteiger partial charge in [-0.1, -0.05) is 11.8 Å². The van der Waals surface area contributed by atoms with E-state index in [1.54, 1.807) is 0 Å². The van der Waals surface area contributed by atoms with E-state index in [-0.39, 0.29) is 0 Å². The second kappa shape index (κ2) is 5.21. The molecule has 1 aliphatic carbocycles. The van der Waals surface area contributed by atoms with Crippen molar-refractivity contribution >= 4 is 16.9 Å². The lowest BCUT2D eigenvalue weighted by atomic mass is 9.89. The molecule has 0 bridgehead atoms. The minimum absolute atomic E-state index is 0.485. The van der Waals surface area contributed by atoms with Gasteiger partial charge in [0.25, 0.3) is 0 Å². The molecule has 0 amide bonds. The van der Waals surface area contributed by atoms with Crippen LogP contribution in [0.3, 0.4) is 0 Å². The first kappa shape index (κ1) is 11.3. The molecule has 2 aliphatic rings. The molecule has 1 unspecified atom stereocenters. The van der Waals surface area contributed by atoms with E-state index < -0.39 is 0 Å². The first-order valence-corrected chi connectivity index (χ1v) is 6.85. The molecular formula is C11H20N2OS. The van der Waals surface area contributed by atoms with Crippen LogP contribution in [-0.2, 0) is 4.74 Å². The van der Waals surface area contributed by atoms with Gasteiger partial charge in [-0.15, -0.1) is 0 Å². The third kappa shape index (κ3) is 3.11. The van der Waals surface area contributed by atoms with E-state index in [4.69, 9.17) is 4.74 Å². The normalized spacial score (nSPS) is 35.6. The molecule has 4 heteroatoms. The summed E-state index contributed by atoms with van der Waals surface area (Å²) in [5, 5.41) is 4.65. The Morgan fingerprint density at radius 2 is 2.33 bits per heavy atom. The summed E-state index contributed by atoms with van der Waals surface area (Å²) in [5.74, 6) is 1.20. The SMILES string of the molecule is CCOC1CC(NC2=NC(C)CCS2)C1. The lowest BCUT2D eigenvalue weighted by molar-refractivity contribution is -0.00544. The van der Waals surface area contributed by atoms with Crippen molar-refractivity contribution in [1.82, 2.24) is 5.32 Å². The van der Waals surface area contributed by atoms with Crippen LogP contribution in [0.1, 0.15) is 33.1 Å². The quantitative estimate of drug-likeness (QED) is 0.802. The van der Waals surface area contributed by atoms with Gasteiger partial charge in [-0.25, -0.2) is 0 Å². The number of amidine groups is 1. The van der Waals surface area contributed by atoms with Gasteiger partial charge < -0.3 is 10.1 Å². The van der Waals surface area contributed by atoms with Crippen LogP contribution in [0.4, 0.5) is 0 Å². The molecule has 1 fully saturated rings. The summed E-state index contributed by atoms with van der Waals surface area (Å²) in [6, 6.07) is 1.09. The van der Waals surface area contributed by atoms with Crippen molar-refractivity contribution in [1.29, 1.82) is 0 Å². The van der Waals surface area contributed by atoms with Crippen molar-refractivity contribution in [2.75, 3.05) is 12.4 Å². The molecule has 1 aliphatic heterocycles. The topological polar surface area (TPSA) is 33.6 Å². The van der Waals surface area contributed by atoms with Crippen LogP contribution in [0, 0.1) is 0 Å². The molecule has 0 aromatic carbocycles. The Hall–Kier alpha value is -0.220. The van der Waals surface area contributed by atoms with Crippen LogP contribution < -0.4 is 5.32 Å². The fourth-order valence-electron chi connectivity index (χ4n) is 1.94. The Labute approximate surface area is 96.1 Å². The summed E-state index contributed by atoms with van der Waals surface area (Å²) in [6.07, 6.45) is 3.98. The lowest BCUT2D eigenvalue weighted by Crippen LogP contribution is -2.47. The number of hydrogen-bond acceptors (Lipinski definition) is 4. The molecule has 15 heavy (non-hydrogen) atoms. The molecule has 1 atom stereocenters. The number of aliphatic imine (C=N–C) groups is 1. The number of rotatable bonds is 3. The lowest BCUT2D eigenvalue weighted by Gasteiger charge is -2.36. The Morgan fingerprint density at radius 3 is 3.00 bits per heavy atom. The Balaban J connectivity index is 1.70. The zero-order valence-electron chi connectivity index (χ0n) is 9.53. The highest BCUT2D eigenvalue weighted by atomic mass is 32.2. The number of thioether (sulfide) groups is 1. The van der Waals surface area contributed by atoms with Gasteiger partial charge in [-0.05, 0) is 33.1 Å². The summed E-state index contributed by atoms with van der Waals surface area (Å²) in [6.45, 7) is 5.08. The predicted octanol–water partition coefficient (Wildman–Crippen LogP) is 2.02. The second-order valence-electron chi connectivity index (χ2n) is 4.31. The largest absolute Gasteiger partial charge is 0.378 e. The van der Waals surface area contributed by atoms with Crippen molar-refractivity contribution < 1.29 is 4.74 Å². The highest BCUT2D eigenvalue weighted by molar-refractivity contribution is 8.13. The van der Waals surface area contributed by atoms with Gasteiger partial charge in [0.2, 0.25) is 0 Å². The summed E-state index contributed by atoms with van der Waals surface area (Å²) in [4.78, 5) is 4.60. The summed E-state index contributed by atoms with van der Waals surface area (Å²) < 4.78 is 5.53. The monoisotopic (exact) mass is 228 g/mol. The first-order valence-electron chi connectivity index (χ1n) is 5.86. The molecule has 2 rings (SSSR count). The van der Waals surface area contributed by atoms with Crippen LogP contribution in [0.15, 0.2) is 4.99 Å². The molecule has 1 saturated carbocycles. The van der Waals surface area contributed by atoms with E-state index in [0.29, 0.717) is 18.2 Å². The molecule has 1 heterocycles. The van der Waals surface area contributed by atoms with Crippen molar-refractivity contribution in [2.45, 2.75) is 51.3 Å². The molecule has 0 spiro atoms. The number of nitrogens with zero attached hydrogens (tertiary/aromatic N) is 1. The summed E-state index contributed by atoms with van der Waals surface area (Å²) in [7, 11) is 0. The van der Waals surface area contributed by atoms with E-state index in [2.05, 4.69) is 24.2 Å². The minimum Gasteiger partial charge on any atom is -0.378 e. The van der Waals surface area contributed by atoms with E-state index in [9.17, 15) is 0 Å². The van der Waals surface area contributed by atoms with Crippen molar-refractivity contribution in [3.05, 3.63) is 0 Å². The Bertz CT molecular complexity index is 239. The van der Waals surface area contributed by atoms with Gasteiger partial charge in [0.1, 0.15) is 0 Å². The molecule has 1 N–H and O–H groups in total. The zero-order valence-corrected chi connectivity index (χ0v) is 10.3. The predicted molar refractivity (Wildman–Crippen MR) is 65.5 cm³/mol. The van der Waals surface area contributed by atoms with E-state index in [1.807, 2.05) is 11.8 Å². The van der Waals surface area contributed by atoms with Gasteiger partial charge in [-0.3, -0.25) is 4.99 Å². The average molecular weight is 228 g/mol. The summed E-state index contributed by atoms with van der Waals surface area (Å²) in [5.41, 5.74) is 0. The summed E-state index contributed by atoms with van der Waals surface area (Å²) >= 11 is 1.86. The minimum atomic E-state index is 0.485. The van der Waals surface area contributed by atoms with Crippen LogP contribution in [-0.4, -0.2) is 35.7 Å². The highest BCUT2D eigenvalue weighted by Gasteiger charge is 2.30. The molecule has 3 nitrogen and oxygen atoms in total. The zero-order chi connectivity index (χ0) is 10.7. The van der Waals surface area contributed by atoms with Gasteiger partial charge >= 0.3 is 0 Å². The van der Waals surface area contributed by atoms with Gasteiger partial charge in [-0.2, -0.15) is 0 Å². The fourth-order valence-corrected chi connectivity index (χ4v) is 3.09. The van der Waals surface area contributed by atoms with Gasteiger partial charge in [0, 0.05) is 18.4 Å². The van der Waals surface area contributed by atoms with Gasteiger partial charge in [0.15, 0.2) is 5.17 Å². The van der Waals surface area contributed by atoms with Crippen LogP contribution in [0.2, 0.25) is 0 Å². The third-order valence-corrected chi connectivity index (χ3v) is 3.87.